The van der Waals surface area contributed by atoms with Gasteiger partial charge in [-0.25, -0.2) is 0 Å². The van der Waals surface area contributed by atoms with E-state index in [1.807, 2.05) is 0 Å². The van der Waals surface area contributed by atoms with Crippen LogP contribution in [0.2, 0.25) is 0 Å². The quantitative estimate of drug-likeness (QED) is 0.250. The molecule has 0 N–H and O–H groups in total. The molecule has 0 atom stereocenters. The van der Waals surface area contributed by atoms with Crippen molar-refractivity contribution < 1.29 is 95.8 Å². The molecule has 0 unspecified atom stereocenters. The summed E-state index contributed by atoms with van der Waals surface area (Å²) in [6.07, 6.45) is 0. The molecule has 0 bridgehead atoms. The summed E-state index contributed by atoms with van der Waals surface area (Å²) in [6, 6.07) is 0. The van der Waals surface area contributed by atoms with Crippen molar-refractivity contribution in [3.05, 3.63) is 26.3 Å². The van der Waals surface area contributed by atoms with Crippen LogP contribution < -0.4 is 88.7 Å². The molecule has 0 radical (unpaired) electrons. The molecule has 0 heterocycles. The predicted octanol–water partition coefficient (Wildman–Crippen LogP) is -7.20. The minimum Gasteiger partial charge on any atom is -1.00 e. The molecule has 0 aliphatic carbocycles. The molecule has 0 aromatic carbocycles. The third-order valence-electron chi connectivity index (χ3n) is 0. The van der Waals surface area contributed by atoms with E-state index in [1.54, 1.807) is 0 Å². The monoisotopic (exact) mass is 170 g/mol. The second kappa shape index (κ2) is 72.8. The van der Waals surface area contributed by atoms with Gasteiger partial charge in [-0.3, -0.25) is 0 Å². The van der Waals surface area contributed by atoms with E-state index in [0.717, 1.165) is 0 Å². The molecule has 0 rings (SSSR count). The number of hydrogen-bond donors (Lipinski definition) is 0. The van der Waals surface area contributed by atoms with Crippen LogP contribution in [0.4, 0.5) is 0 Å². The normalized spacial score (nSPS) is 1.00. The maximum Gasteiger partial charge on any atom is 2.00 e. The molecular formula is C4H13CaNa3. The number of hydrogen-bond acceptors (Lipinski definition) is 0. The van der Waals surface area contributed by atoms with E-state index in [9.17, 15) is 0 Å². The van der Waals surface area contributed by atoms with Gasteiger partial charge in [-0.2, -0.15) is 0 Å². The largest absolute Gasteiger partial charge is 2.00 e. The maximum atomic E-state index is 3.00. The van der Waals surface area contributed by atoms with Crippen LogP contribution in [-0.2, 0) is 0 Å². The van der Waals surface area contributed by atoms with Gasteiger partial charge < -0.3 is 7.13 Å². The first-order valence-electron chi connectivity index (χ1n) is 1.000. The van der Waals surface area contributed by atoms with Crippen molar-refractivity contribution in [3.8, 4) is 0 Å². The van der Waals surface area contributed by atoms with Gasteiger partial charge in [-0.1, -0.05) is 0 Å². The Morgan fingerprint density at radius 1 is 0.625 bits per heavy atom. The van der Waals surface area contributed by atoms with Crippen molar-refractivity contribution >= 4 is 37.7 Å². The Hall–Kier alpha value is 3.74. The predicted molar refractivity (Wildman–Crippen MR) is 33.8 cm³/mol. The van der Waals surface area contributed by atoms with Crippen molar-refractivity contribution in [1.82, 2.24) is 0 Å². The summed E-state index contributed by atoms with van der Waals surface area (Å²) in [5.74, 6) is 0. The zero-order valence-corrected chi connectivity index (χ0v) is 14.7. The van der Waals surface area contributed by atoms with Crippen LogP contribution in [0, 0.1) is 0 Å². The first-order chi connectivity index (χ1) is 2.00. The molecule has 0 nitrogen and oxygen atoms in total. The molecule has 0 saturated heterocycles. The standard InChI is InChI=1S/2C2H4.Ca.3Na.5H/c2*1-2;;;;;;;;;/h2*1-2H2;;;;;;;;;/q;;+2;3*+1;5*-1. The van der Waals surface area contributed by atoms with Crippen molar-refractivity contribution in [2.45, 2.75) is 0 Å². The zero-order chi connectivity index (χ0) is 4.00. The summed E-state index contributed by atoms with van der Waals surface area (Å²) < 4.78 is 0. The second-order valence-corrected chi connectivity index (χ2v) is 0. The van der Waals surface area contributed by atoms with Crippen LogP contribution >= 0.6 is 0 Å². The Kier molecular flexibility index (Phi) is 374. The fourth-order valence-electron chi connectivity index (χ4n) is 0. The van der Waals surface area contributed by atoms with Crippen molar-refractivity contribution in [2.24, 2.45) is 0 Å². The molecular weight excluding hydrogens is 157 g/mol. The Balaban J connectivity index is -0.000000000404. The molecule has 0 aromatic heterocycles. The van der Waals surface area contributed by atoms with Gasteiger partial charge in [0.05, 0.1) is 0 Å². The molecule has 0 saturated carbocycles. The van der Waals surface area contributed by atoms with Gasteiger partial charge in [0, 0.05) is 0 Å². The summed E-state index contributed by atoms with van der Waals surface area (Å²) in [5, 5.41) is 0. The van der Waals surface area contributed by atoms with E-state index in [1.165, 1.54) is 0 Å². The van der Waals surface area contributed by atoms with Gasteiger partial charge in [0.25, 0.3) is 0 Å². The van der Waals surface area contributed by atoms with Gasteiger partial charge in [0.15, 0.2) is 0 Å². The van der Waals surface area contributed by atoms with Crippen LogP contribution in [0.1, 0.15) is 7.13 Å². The summed E-state index contributed by atoms with van der Waals surface area (Å²) in [7, 11) is 0. The van der Waals surface area contributed by atoms with E-state index >= 15 is 0 Å². The fourth-order valence-corrected chi connectivity index (χ4v) is 0. The average molecular weight is 170 g/mol. The molecule has 0 aromatic rings. The second-order valence-electron chi connectivity index (χ2n) is 0. The smallest absolute Gasteiger partial charge is 1.00 e. The minimum atomic E-state index is 0. The summed E-state index contributed by atoms with van der Waals surface area (Å²) in [4.78, 5) is 0. The Bertz CT molecular complexity index is 25.7. The molecule has 0 aliphatic heterocycles. The van der Waals surface area contributed by atoms with E-state index < -0.39 is 0 Å². The van der Waals surface area contributed by atoms with Crippen LogP contribution in [-0.4, -0.2) is 37.7 Å². The fraction of sp³-hybridized carbons (Fsp3) is 0. The SMILES string of the molecule is C=C.C=C.[Ca+2].[H-].[H-].[H-].[H-].[H-].[Na+].[Na+].[Na+]. The summed E-state index contributed by atoms with van der Waals surface area (Å²) in [6.45, 7) is 12.0. The van der Waals surface area contributed by atoms with E-state index in [-0.39, 0.29) is 134 Å². The third-order valence-corrected chi connectivity index (χ3v) is 0. The molecule has 0 fully saturated rings. The summed E-state index contributed by atoms with van der Waals surface area (Å²) >= 11 is 0. The first kappa shape index (κ1) is 41.1. The van der Waals surface area contributed by atoms with Gasteiger partial charge >= 0.3 is 126 Å². The van der Waals surface area contributed by atoms with E-state index in [0.29, 0.717) is 0 Å². The average Bonchev–Trinajstić information content (AvgIpc) is 1.50. The molecule has 0 aliphatic rings. The van der Waals surface area contributed by atoms with Crippen LogP contribution in [0.5, 0.6) is 0 Å². The molecule has 34 valence electrons. The Labute approximate surface area is 156 Å². The van der Waals surface area contributed by atoms with Gasteiger partial charge in [-0.05, 0) is 0 Å². The zero-order valence-electron chi connectivity index (χ0n) is 11.5. The van der Waals surface area contributed by atoms with E-state index in [2.05, 4.69) is 26.3 Å². The molecule has 0 spiro atoms. The van der Waals surface area contributed by atoms with Gasteiger partial charge in [-0.15, -0.1) is 26.3 Å². The molecule has 4 heteroatoms. The Morgan fingerprint density at radius 3 is 0.625 bits per heavy atom. The Morgan fingerprint density at radius 2 is 0.625 bits per heavy atom. The van der Waals surface area contributed by atoms with Crippen molar-refractivity contribution in [3.63, 3.8) is 0 Å². The summed E-state index contributed by atoms with van der Waals surface area (Å²) in [5.41, 5.74) is 0. The number of rotatable bonds is 0. The first-order valence-corrected chi connectivity index (χ1v) is 1.000. The minimum absolute atomic E-state index is 0. The van der Waals surface area contributed by atoms with Crippen LogP contribution in [0.3, 0.4) is 0 Å². The molecule has 8 heavy (non-hydrogen) atoms. The topological polar surface area (TPSA) is 0 Å². The van der Waals surface area contributed by atoms with Crippen molar-refractivity contribution in [2.75, 3.05) is 0 Å². The van der Waals surface area contributed by atoms with Crippen LogP contribution in [0.15, 0.2) is 26.3 Å². The molecule has 0 amide bonds. The van der Waals surface area contributed by atoms with Gasteiger partial charge in [0.1, 0.15) is 0 Å². The maximum absolute atomic E-state index is 3.00. The van der Waals surface area contributed by atoms with Crippen LogP contribution in [0.25, 0.3) is 0 Å². The van der Waals surface area contributed by atoms with Gasteiger partial charge in [0.2, 0.25) is 0 Å². The van der Waals surface area contributed by atoms with Crippen molar-refractivity contribution in [1.29, 1.82) is 0 Å². The van der Waals surface area contributed by atoms with E-state index in [4.69, 9.17) is 0 Å². The third kappa shape index (κ3) is 53.2.